The van der Waals surface area contributed by atoms with E-state index in [0.29, 0.717) is 23.8 Å². The van der Waals surface area contributed by atoms with Crippen LogP contribution in [0.4, 0.5) is 0 Å². The summed E-state index contributed by atoms with van der Waals surface area (Å²) >= 11 is 0. The molecule has 0 spiro atoms. The number of hydrogen-bond donors (Lipinski definition) is 3. The summed E-state index contributed by atoms with van der Waals surface area (Å²) in [5.41, 5.74) is 6.40. The molecule has 0 radical (unpaired) electrons. The molecule has 0 aromatic heterocycles. The lowest BCUT2D eigenvalue weighted by atomic mass is 10.2. The molecular formula is C13H21N3O2. The van der Waals surface area contributed by atoms with Crippen LogP contribution in [0.1, 0.15) is 25.3 Å². The molecular weight excluding hydrogens is 230 g/mol. The molecule has 4 N–H and O–H groups in total. The third-order valence-corrected chi connectivity index (χ3v) is 2.54. The van der Waals surface area contributed by atoms with E-state index in [1.807, 2.05) is 0 Å². The molecule has 0 atom stereocenters. The monoisotopic (exact) mass is 251 g/mol. The van der Waals surface area contributed by atoms with Crippen LogP contribution in [0.5, 0.6) is 11.5 Å². The number of nitrogens with two attached hydrogens (primary N) is 1. The Morgan fingerprint density at radius 3 is 2.94 bits per heavy atom. The highest BCUT2D eigenvalue weighted by molar-refractivity contribution is 5.77. The smallest absolute Gasteiger partial charge is 0.188 e. The van der Waals surface area contributed by atoms with Crippen LogP contribution in [0.2, 0.25) is 0 Å². The topological polar surface area (TPSA) is 79.9 Å². The number of phenolic OH excluding ortho intramolecular Hbond substituents is 1. The van der Waals surface area contributed by atoms with Gasteiger partial charge in [-0.05, 0) is 24.6 Å². The predicted octanol–water partition coefficient (Wildman–Crippen LogP) is 1.61. The Morgan fingerprint density at radius 2 is 2.28 bits per heavy atom. The van der Waals surface area contributed by atoms with Crippen molar-refractivity contribution in [3.8, 4) is 11.5 Å². The third-order valence-electron chi connectivity index (χ3n) is 2.54. The largest absolute Gasteiger partial charge is 0.508 e. The van der Waals surface area contributed by atoms with Crippen molar-refractivity contribution < 1.29 is 9.84 Å². The molecule has 1 rings (SSSR count). The number of aromatic hydroxyl groups is 1. The average molecular weight is 251 g/mol. The number of phenols is 1. The van der Waals surface area contributed by atoms with Gasteiger partial charge in [-0.1, -0.05) is 13.3 Å². The van der Waals surface area contributed by atoms with Crippen molar-refractivity contribution in [2.24, 2.45) is 10.7 Å². The number of nitrogens with zero attached hydrogens (tertiary/aromatic N) is 1. The maximum absolute atomic E-state index is 9.67. The first-order valence-corrected chi connectivity index (χ1v) is 6.07. The van der Waals surface area contributed by atoms with Crippen LogP contribution >= 0.6 is 0 Å². The van der Waals surface area contributed by atoms with Gasteiger partial charge in [-0.2, -0.15) is 0 Å². The fourth-order valence-corrected chi connectivity index (χ4v) is 1.43. The molecule has 5 nitrogen and oxygen atoms in total. The molecule has 18 heavy (non-hydrogen) atoms. The molecule has 0 aliphatic heterocycles. The Bertz CT molecular complexity index is 405. The zero-order chi connectivity index (χ0) is 13.4. The van der Waals surface area contributed by atoms with Gasteiger partial charge in [-0.3, -0.25) is 0 Å². The molecule has 5 heteroatoms. The number of nitrogens with one attached hydrogen (secondary N) is 1. The summed E-state index contributed by atoms with van der Waals surface area (Å²) in [5, 5.41) is 12.7. The number of hydrogen-bond acceptors (Lipinski definition) is 3. The summed E-state index contributed by atoms with van der Waals surface area (Å²) < 4.78 is 5.09. The van der Waals surface area contributed by atoms with Crippen molar-refractivity contribution in [1.29, 1.82) is 0 Å². The van der Waals surface area contributed by atoms with Crippen LogP contribution in [-0.2, 0) is 6.54 Å². The molecule has 0 heterocycles. The van der Waals surface area contributed by atoms with Crippen LogP contribution < -0.4 is 15.8 Å². The average Bonchev–Trinajstić information content (AvgIpc) is 2.38. The predicted molar refractivity (Wildman–Crippen MR) is 72.9 cm³/mol. The number of guanidine groups is 1. The van der Waals surface area contributed by atoms with Crippen LogP contribution in [0.3, 0.4) is 0 Å². The summed E-state index contributed by atoms with van der Waals surface area (Å²) in [7, 11) is 1.58. The molecule has 0 aliphatic carbocycles. The van der Waals surface area contributed by atoms with Crippen LogP contribution in [-0.4, -0.2) is 24.7 Å². The van der Waals surface area contributed by atoms with E-state index in [2.05, 4.69) is 17.2 Å². The number of unbranched alkanes of at least 4 members (excludes halogenated alkanes) is 1. The van der Waals surface area contributed by atoms with E-state index >= 15 is 0 Å². The van der Waals surface area contributed by atoms with E-state index in [9.17, 15) is 5.11 Å². The van der Waals surface area contributed by atoms with Gasteiger partial charge in [-0.25, -0.2) is 4.99 Å². The van der Waals surface area contributed by atoms with E-state index in [0.717, 1.165) is 19.4 Å². The zero-order valence-corrected chi connectivity index (χ0v) is 10.9. The van der Waals surface area contributed by atoms with Gasteiger partial charge >= 0.3 is 0 Å². The maximum Gasteiger partial charge on any atom is 0.188 e. The highest BCUT2D eigenvalue weighted by Gasteiger charge is 2.02. The van der Waals surface area contributed by atoms with Gasteiger partial charge in [0.25, 0.3) is 0 Å². The molecule has 100 valence electrons. The Labute approximate surface area is 108 Å². The van der Waals surface area contributed by atoms with Crippen molar-refractivity contribution >= 4 is 5.96 Å². The summed E-state index contributed by atoms with van der Waals surface area (Å²) in [6.07, 6.45) is 2.16. The van der Waals surface area contributed by atoms with Crippen molar-refractivity contribution in [2.45, 2.75) is 26.3 Å². The fraction of sp³-hybridized carbons (Fsp3) is 0.462. The van der Waals surface area contributed by atoms with E-state index in [1.54, 1.807) is 25.3 Å². The van der Waals surface area contributed by atoms with E-state index in [1.165, 1.54) is 0 Å². The second-order valence-electron chi connectivity index (χ2n) is 3.98. The van der Waals surface area contributed by atoms with Gasteiger partial charge < -0.3 is 20.9 Å². The van der Waals surface area contributed by atoms with E-state index in [4.69, 9.17) is 10.5 Å². The van der Waals surface area contributed by atoms with Gasteiger partial charge in [0.1, 0.15) is 11.5 Å². The summed E-state index contributed by atoms with van der Waals surface area (Å²) in [5.74, 6) is 1.28. The van der Waals surface area contributed by atoms with Gasteiger partial charge in [0.2, 0.25) is 0 Å². The standard InChI is InChI=1S/C13H21N3O2/c1-3-4-7-15-13(14)16-9-10-8-11(18-2)5-6-12(10)17/h5-6,8,17H,3-4,7,9H2,1-2H3,(H3,14,15,16). The zero-order valence-electron chi connectivity index (χ0n) is 10.9. The molecule has 0 saturated heterocycles. The molecule has 0 fully saturated rings. The lowest BCUT2D eigenvalue weighted by Crippen LogP contribution is -2.32. The van der Waals surface area contributed by atoms with Crippen LogP contribution in [0.25, 0.3) is 0 Å². The highest BCUT2D eigenvalue weighted by atomic mass is 16.5. The first-order valence-electron chi connectivity index (χ1n) is 6.07. The Morgan fingerprint density at radius 1 is 1.50 bits per heavy atom. The summed E-state index contributed by atoms with van der Waals surface area (Å²) in [6, 6.07) is 5.04. The molecule has 0 bridgehead atoms. The minimum atomic E-state index is 0.195. The summed E-state index contributed by atoms with van der Waals surface area (Å²) in [4.78, 5) is 4.17. The number of ether oxygens (including phenoxy) is 1. The summed E-state index contributed by atoms with van der Waals surface area (Å²) in [6.45, 7) is 3.26. The molecule has 0 saturated carbocycles. The quantitative estimate of drug-likeness (QED) is 0.407. The van der Waals surface area contributed by atoms with Gasteiger partial charge in [0.05, 0.1) is 13.7 Å². The minimum absolute atomic E-state index is 0.195. The van der Waals surface area contributed by atoms with Gasteiger partial charge in [0.15, 0.2) is 5.96 Å². The van der Waals surface area contributed by atoms with E-state index < -0.39 is 0 Å². The number of methoxy groups -OCH3 is 1. The Kier molecular flexibility index (Phi) is 5.84. The van der Waals surface area contributed by atoms with Crippen molar-refractivity contribution in [3.05, 3.63) is 23.8 Å². The molecule has 0 aliphatic rings. The molecule has 1 aromatic carbocycles. The van der Waals surface area contributed by atoms with E-state index in [-0.39, 0.29) is 5.75 Å². The molecule has 0 amide bonds. The molecule has 1 aromatic rings. The van der Waals surface area contributed by atoms with Crippen molar-refractivity contribution in [1.82, 2.24) is 5.32 Å². The third kappa shape index (κ3) is 4.53. The van der Waals surface area contributed by atoms with Gasteiger partial charge in [0, 0.05) is 12.1 Å². The Balaban J connectivity index is 2.58. The SMILES string of the molecule is CCCCNC(N)=NCc1cc(OC)ccc1O. The first-order chi connectivity index (χ1) is 8.67. The second-order valence-corrected chi connectivity index (χ2v) is 3.98. The minimum Gasteiger partial charge on any atom is -0.508 e. The second kappa shape index (κ2) is 7.42. The maximum atomic E-state index is 9.67. The van der Waals surface area contributed by atoms with Gasteiger partial charge in [-0.15, -0.1) is 0 Å². The van der Waals surface area contributed by atoms with Crippen molar-refractivity contribution in [2.75, 3.05) is 13.7 Å². The van der Waals surface area contributed by atoms with Crippen LogP contribution in [0.15, 0.2) is 23.2 Å². The highest BCUT2D eigenvalue weighted by Crippen LogP contribution is 2.23. The molecule has 0 unspecified atom stereocenters. The number of rotatable bonds is 6. The van der Waals surface area contributed by atoms with Crippen molar-refractivity contribution in [3.63, 3.8) is 0 Å². The first kappa shape index (κ1) is 14.2. The normalized spacial score (nSPS) is 11.3. The fourth-order valence-electron chi connectivity index (χ4n) is 1.43. The number of benzene rings is 1. The van der Waals surface area contributed by atoms with Crippen LogP contribution in [0, 0.1) is 0 Å². The lowest BCUT2D eigenvalue weighted by Gasteiger charge is -2.07. The number of aliphatic imine (C=N–C) groups is 1. The Hall–Kier alpha value is -1.91. The lowest BCUT2D eigenvalue weighted by molar-refractivity contribution is 0.411.